The first kappa shape index (κ1) is 25.8. The number of aryl methyl sites for hydroxylation is 1. The summed E-state index contributed by atoms with van der Waals surface area (Å²) >= 11 is 0. The van der Waals surface area contributed by atoms with E-state index in [1.165, 1.54) is 0 Å². The van der Waals surface area contributed by atoms with Gasteiger partial charge in [-0.05, 0) is 75.0 Å². The molecule has 0 aliphatic carbocycles. The third-order valence-corrected chi connectivity index (χ3v) is 5.98. The number of ether oxygens (including phenoxy) is 3. The summed E-state index contributed by atoms with van der Waals surface area (Å²) in [5, 5.41) is 20.6. The molecule has 0 aliphatic heterocycles. The summed E-state index contributed by atoms with van der Waals surface area (Å²) in [7, 11) is 3.68. The number of hydrogen-bond acceptors (Lipinski definition) is 6. The van der Waals surface area contributed by atoms with Crippen LogP contribution in [0, 0.1) is 27.7 Å². The minimum absolute atomic E-state index is 0.252. The van der Waals surface area contributed by atoms with E-state index in [4.69, 9.17) is 14.2 Å². The highest BCUT2D eigenvalue weighted by Crippen LogP contribution is 2.38. The Morgan fingerprint density at radius 2 is 1.59 bits per heavy atom. The maximum absolute atomic E-state index is 10.6. The van der Waals surface area contributed by atoms with Gasteiger partial charge in [0, 0.05) is 31.3 Å². The second kappa shape index (κ2) is 11.4. The fourth-order valence-electron chi connectivity index (χ4n) is 3.70. The molecule has 0 fully saturated rings. The molecule has 0 atom stereocenters. The van der Waals surface area contributed by atoms with Crippen LogP contribution < -0.4 is 9.47 Å². The van der Waals surface area contributed by atoms with Crippen molar-refractivity contribution in [2.24, 2.45) is 0 Å². The molecule has 6 nitrogen and oxygen atoms in total. The highest BCUT2D eigenvalue weighted by atomic mass is 16.5. The number of hydrogen-bond donors (Lipinski definition) is 2. The number of nitrogens with zero attached hydrogens (tertiary/aromatic N) is 1. The highest BCUT2D eigenvalue weighted by Gasteiger charge is 2.20. The Balaban J connectivity index is 2.13. The second-order valence-electron chi connectivity index (χ2n) is 8.79. The van der Waals surface area contributed by atoms with Gasteiger partial charge in [0.15, 0.2) is 0 Å². The topological polar surface area (TPSA) is 71.4 Å². The lowest BCUT2D eigenvalue weighted by atomic mass is 9.97. The number of likely N-dealkylation sites (N-methyl/N-ethyl adjacent to an activating group) is 1. The summed E-state index contributed by atoms with van der Waals surface area (Å²) in [5.74, 6) is 2.50. The SMILES string of the molecule is COCCOc1c(C)c(C)c(O)c(C)c1CN(C)CCOc1cc(C)c(O)cc1C(C)C. The minimum atomic E-state index is 0.252. The smallest absolute Gasteiger partial charge is 0.127 e. The van der Waals surface area contributed by atoms with E-state index in [2.05, 4.69) is 18.7 Å². The van der Waals surface area contributed by atoms with Crippen LogP contribution in [0.2, 0.25) is 0 Å². The Morgan fingerprint density at radius 1 is 0.906 bits per heavy atom. The van der Waals surface area contributed by atoms with Crippen LogP contribution in [0.5, 0.6) is 23.0 Å². The van der Waals surface area contributed by atoms with Crippen LogP contribution in [0.15, 0.2) is 12.1 Å². The van der Waals surface area contributed by atoms with Crippen molar-refractivity contribution in [3.63, 3.8) is 0 Å². The van der Waals surface area contributed by atoms with Gasteiger partial charge in [0.1, 0.15) is 36.2 Å². The number of aromatic hydroxyl groups is 2. The average Bonchev–Trinajstić information content (AvgIpc) is 2.74. The summed E-state index contributed by atoms with van der Waals surface area (Å²) in [6.07, 6.45) is 0. The van der Waals surface area contributed by atoms with Gasteiger partial charge in [-0.1, -0.05) is 13.8 Å². The van der Waals surface area contributed by atoms with Crippen LogP contribution in [0.1, 0.15) is 53.1 Å². The molecular weight excluding hydrogens is 406 g/mol. The first-order chi connectivity index (χ1) is 15.1. The molecule has 0 unspecified atom stereocenters. The largest absolute Gasteiger partial charge is 0.508 e. The molecule has 2 aromatic carbocycles. The maximum Gasteiger partial charge on any atom is 0.127 e. The predicted octanol–water partition coefficient (Wildman–Crippen LogP) is 4.99. The van der Waals surface area contributed by atoms with Gasteiger partial charge in [-0.15, -0.1) is 0 Å². The van der Waals surface area contributed by atoms with Gasteiger partial charge in [0.2, 0.25) is 0 Å². The average molecular weight is 446 g/mol. The standard InChI is InChI=1S/C26H39NO5/c1-16(2)21-14-23(28)17(3)13-24(21)31-10-9-27(7)15-22-20(6)25(29)18(4)19(5)26(22)32-12-11-30-8/h13-14,16,28-29H,9-12,15H2,1-8H3. The molecule has 2 N–H and O–H groups in total. The summed E-state index contributed by atoms with van der Waals surface area (Å²) in [6, 6.07) is 3.70. The Kier molecular flexibility index (Phi) is 9.22. The van der Waals surface area contributed by atoms with E-state index in [0.717, 1.165) is 44.9 Å². The Hall–Kier alpha value is -2.44. The van der Waals surface area contributed by atoms with Gasteiger partial charge in [-0.3, -0.25) is 4.90 Å². The maximum atomic E-state index is 10.6. The van der Waals surface area contributed by atoms with E-state index in [1.807, 2.05) is 40.8 Å². The summed E-state index contributed by atoms with van der Waals surface area (Å²) in [4.78, 5) is 2.15. The lowest BCUT2D eigenvalue weighted by molar-refractivity contribution is 0.144. The van der Waals surface area contributed by atoms with E-state index in [1.54, 1.807) is 13.2 Å². The van der Waals surface area contributed by atoms with E-state index >= 15 is 0 Å². The van der Waals surface area contributed by atoms with Crippen molar-refractivity contribution >= 4 is 0 Å². The molecule has 2 rings (SSSR count). The molecule has 0 amide bonds. The third kappa shape index (κ3) is 6.08. The lowest BCUT2D eigenvalue weighted by Gasteiger charge is -2.24. The Morgan fingerprint density at radius 3 is 2.22 bits per heavy atom. The van der Waals surface area contributed by atoms with Crippen molar-refractivity contribution in [1.29, 1.82) is 0 Å². The first-order valence-corrected chi connectivity index (χ1v) is 11.2. The third-order valence-electron chi connectivity index (χ3n) is 5.98. The summed E-state index contributed by atoms with van der Waals surface area (Å²) < 4.78 is 17.3. The van der Waals surface area contributed by atoms with Crippen LogP contribution in [-0.4, -0.2) is 55.6 Å². The zero-order valence-corrected chi connectivity index (χ0v) is 20.8. The van der Waals surface area contributed by atoms with Gasteiger partial charge >= 0.3 is 0 Å². The van der Waals surface area contributed by atoms with Gasteiger partial charge in [0.05, 0.1) is 6.61 Å². The van der Waals surface area contributed by atoms with Crippen molar-refractivity contribution in [1.82, 2.24) is 4.90 Å². The van der Waals surface area contributed by atoms with E-state index in [9.17, 15) is 10.2 Å². The zero-order chi connectivity index (χ0) is 24.0. The molecule has 32 heavy (non-hydrogen) atoms. The second-order valence-corrected chi connectivity index (χ2v) is 8.79. The van der Waals surface area contributed by atoms with Gasteiger partial charge in [-0.25, -0.2) is 0 Å². The first-order valence-electron chi connectivity index (χ1n) is 11.2. The molecule has 0 spiro atoms. The Labute approximate surface area is 192 Å². The summed E-state index contributed by atoms with van der Waals surface area (Å²) in [6.45, 7) is 14.7. The summed E-state index contributed by atoms with van der Waals surface area (Å²) in [5.41, 5.74) is 5.41. The van der Waals surface area contributed by atoms with Crippen LogP contribution in [0.4, 0.5) is 0 Å². The van der Waals surface area contributed by atoms with Crippen LogP contribution in [-0.2, 0) is 11.3 Å². The molecule has 0 saturated heterocycles. The molecule has 6 heteroatoms. The fraction of sp³-hybridized carbons (Fsp3) is 0.538. The Bertz CT molecular complexity index is 923. The molecule has 0 bridgehead atoms. The fourth-order valence-corrected chi connectivity index (χ4v) is 3.70. The van der Waals surface area contributed by atoms with Crippen molar-refractivity contribution in [3.8, 4) is 23.0 Å². The molecule has 0 saturated carbocycles. The lowest BCUT2D eigenvalue weighted by Crippen LogP contribution is -2.25. The van der Waals surface area contributed by atoms with E-state index < -0.39 is 0 Å². The molecule has 0 radical (unpaired) electrons. The molecule has 0 heterocycles. The van der Waals surface area contributed by atoms with E-state index in [0.29, 0.717) is 44.4 Å². The van der Waals surface area contributed by atoms with Crippen molar-refractivity contribution < 1.29 is 24.4 Å². The molecule has 178 valence electrons. The van der Waals surface area contributed by atoms with E-state index in [-0.39, 0.29) is 5.92 Å². The molecule has 0 aliphatic rings. The predicted molar refractivity (Wildman–Crippen MR) is 128 cm³/mol. The number of phenols is 2. The zero-order valence-electron chi connectivity index (χ0n) is 20.8. The van der Waals surface area contributed by atoms with Crippen molar-refractivity contribution in [3.05, 3.63) is 45.5 Å². The molecule has 2 aromatic rings. The van der Waals surface area contributed by atoms with Gasteiger partial charge in [-0.2, -0.15) is 0 Å². The van der Waals surface area contributed by atoms with Gasteiger partial charge in [0.25, 0.3) is 0 Å². The normalized spacial score (nSPS) is 11.4. The van der Waals surface area contributed by atoms with Crippen molar-refractivity contribution in [2.75, 3.05) is 40.5 Å². The van der Waals surface area contributed by atoms with Crippen LogP contribution in [0.3, 0.4) is 0 Å². The van der Waals surface area contributed by atoms with Gasteiger partial charge < -0.3 is 24.4 Å². The number of methoxy groups -OCH3 is 1. The molecular formula is C26H39NO5. The van der Waals surface area contributed by atoms with Crippen LogP contribution >= 0.6 is 0 Å². The number of rotatable bonds is 11. The number of benzene rings is 2. The highest BCUT2D eigenvalue weighted by molar-refractivity contribution is 5.57. The number of phenolic OH excluding ortho intramolecular Hbond substituents is 2. The van der Waals surface area contributed by atoms with Crippen molar-refractivity contribution in [2.45, 2.75) is 54.0 Å². The van der Waals surface area contributed by atoms with Crippen LogP contribution in [0.25, 0.3) is 0 Å². The quantitative estimate of drug-likeness (QED) is 0.475. The monoisotopic (exact) mass is 445 g/mol. The minimum Gasteiger partial charge on any atom is -0.508 e. The molecule has 0 aromatic heterocycles.